The summed E-state index contributed by atoms with van der Waals surface area (Å²) < 4.78 is 12.2. The molecular formula is C23H32O4. The van der Waals surface area contributed by atoms with E-state index in [9.17, 15) is 9.59 Å². The zero-order chi connectivity index (χ0) is 19.6. The van der Waals surface area contributed by atoms with Crippen molar-refractivity contribution < 1.29 is 19.1 Å². The van der Waals surface area contributed by atoms with E-state index in [0.717, 1.165) is 25.7 Å². The van der Waals surface area contributed by atoms with Crippen molar-refractivity contribution in [3.05, 3.63) is 23.2 Å². The van der Waals surface area contributed by atoms with Crippen molar-refractivity contribution in [2.24, 2.45) is 22.7 Å². The summed E-state index contributed by atoms with van der Waals surface area (Å²) in [5.41, 5.74) is 0.232. The molecule has 3 aliphatic carbocycles. The third-order valence-corrected chi connectivity index (χ3v) is 8.20. The van der Waals surface area contributed by atoms with Gasteiger partial charge in [-0.1, -0.05) is 27.7 Å². The molecule has 0 aromatic rings. The van der Waals surface area contributed by atoms with E-state index in [0.29, 0.717) is 36.2 Å². The molecule has 1 spiro atoms. The standard InChI is InChI=1S/C23H32O4/c1-6-26-17-12-16(24)20-15(19(17)25)13-22(5)14(2)8-9-18-21(3,4)10-7-11-23(18,22)27-20/h12,14,18H,6-11,13H2,1-5H3/t14-,18-,22+,23-/m0/s1. The van der Waals surface area contributed by atoms with E-state index in [1.54, 1.807) is 0 Å². The molecule has 0 aromatic heterocycles. The molecule has 4 aliphatic rings. The topological polar surface area (TPSA) is 52.6 Å². The Balaban J connectivity index is 1.83. The lowest BCUT2D eigenvalue weighted by Crippen LogP contribution is -2.66. The summed E-state index contributed by atoms with van der Waals surface area (Å²) in [6.45, 7) is 11.5. The first-order valence-corrected chi connectivity index (χ1v) is 10.5. The van der Waals surface area contributed by atoms with Gasteiger partial charge in [0.2, 0.25) is 11.6 Å². The summed E-state index contributed by atoms with van der Waals surface area (Å²) in [5.74, 6) is 0.970. The molecule has 4 nitrogen and oxygen atoms in total. The maximum Gasteiger partial charge on any atom is 0.227 e. The van der Waals surface area contributed by atoms with Gasteiger partial charge in [-0.3, -0.25) is 9.59 Å². The molecule has 4 rings (SSSR count). The largest absolute Gasteiger partial charge is 0.490 e. The fourth-order valence-electron chi connectivity index (χ4n) is 6.54. The molecule has 0 saturated heterocycles. The van der Waals surface area contributed by atoms with Crippen molar-refractivity contribution in [1.29, 1.82) is 0 Å². The van der Waals surface area contributed by atoms with Crippen LogP contribution in [0.1, 0.15) is 73.1 Å². The van der Waals surface area contributed by atoms with Crippen LogP contribution in [-0.2, 0) is 19.1 Å². The predicted octanol–water partition coefficient (Wildman–Crippen LogP) is 4.73. The monoisotopic (exact) mass is 372 g/mol. The molecule has 0 amide bonds. The second-order valence-corrected chi connectivity index (χ2v) is 9.90. The first-order valence-electron chi connectivity index (χ1n) is 10.5. The smallest absolute Gasteiger partial charge is 0.227 e. The van der Waals surface area contributed by atoms with Crippen LogP contribution in [0, 0.1) is 22.7 Å². The molecule has 0 aromatic carbocycles. The fraction of sp³-hybridized carbons (Fsp3) is 0.739. The minimum atomic E-state index is -0.349. The van der Waals surface area contributed by atoms with Gasteiger partial charge >= 0.3 is 0 Å². The number of hydrogen-bond donors (Lipinski definition) is 0. The van der Waals surface area contributed by atoms with Crippen LogP contribution < -0.4 is 0 Å². The molecule has 0 N–H and O–H groups in total. The van der Waals surface area contributed by atoms with Crippen molar-refractivity contribution in [2.75, 3.05) is 6.61 Å². The maximum absolute atomic E-state index is 13.0. The lowest BCUT2D eigenvalue weighted by molar-refractivity contribution is -0.237. The Morgan fingerprint density at radius 3 is 2.63 bits per heavy atom. The van der Waals surface area contributed by atoms with Crippen LogP contribution in [0.15, 0.2) is 23.2 Å². The zero-order valence-corrected chi connectivity index (χ0v) is 17.3. The van der Waals surface area contributed by atoms with Gasteiger partial charge < -0.3 is 9.47 Å². The van der Waals surface area contributed by atoms with Gasteiger partial charge in [-0.2, -0.15) is 0 Å². The van der Waals surface area contributed by atoms with Crippen LogP contribution in [-0.4, -0.2) is 23.8 Å². The molecule has 2 saturated carbocycles. The van der Waals surface area contributed by atoms with E-state index in [1.807, 2.05) is 6.92 Å². The third-order valence-electron chi connectivity index (χ3n) is 8.20. The van der Waals surface area contributed by atoms with Gasteiger partial charge in [0, 0.05) is 17.4 Å². The normalized spacial score (nSPS) is 40.4. The minimum Gasteiger partial charge on any atom is -0.490 e. The molecule has 4 atom stereocenters. The van der Waals surface area contributed by atoms with Gasteiger partial charge in [0.15, 0.2) is 11.5 Å². The summed E-state index contributed by atoms with van der Waals surface area (Å²) in [6.07, 6.45) is 7.51. The number of hydrogen-bond acceptors (Lipinski definition) is 4. The Labute approximate surface area is 162 Å². The summed E-state index contributed by atoms with van der Waals surface area (Å²) in [5, 5.41) is 0. The van der Waals surface area contributed by atoms with Gasteiger partial charge in [-0.25, -0.2) is 0 Å². The Bertz CT molecular complexity index is 758. The van der Waals surface area contributed by atoms with Crippen molar-refractivity contribution in [1.82, 2.24) is 0 Å². The molecule has 0 radical (unpaired) electrons. The highest BCUT2D eigenvalue weighted by atomic mass is 16.5. The highest BCUT2D eigenvalue weighted by Crippen LogP contribution is 2.67. The highest BCUT2D eigenvalue weighted by Gasteiger charge is 2.67. The molecule has 0 unspecified atom stereocenters. The molecule has 2 fully saturated rings. The zero-order valence-electron chi connectivity index (χ0n) is 17.3. The van der Waals surface area contributed by atoms with Crippen LogP contribution in [0.25, 0.3) is 0 Å². The number of allylic oxidation sites excluding steroid dienone is 2. The van der Waals surface area contributed by atoms with Gasteiger partial charge in [-0.05, 0) is 56.8 Å². The summed E-state index contributed by atoms with van der Waals surface area (Å²) in [7, 11) is 0. The van der Waals surface area contributed by atoms with E-state index >= 15 is 0 Å². The molecule has 148 valence electrons. The summed E-state index contributed by atoms with van der Waals surface area (Å²) in [4.78, 5) is 25.9. The van der Waals surface area contributed by atoms with Gasteiger partial charge in [-0.15, -0.1) is 0 Å². The number of Topliss-reactive ketones (excluding diaryl/α,β-unsaturated/α-hetero) is 1. The van der Waals surface area contributed by atoms with Crippen molar-refractivity contribution in [3.63, 3.8) is 0 Å². The Hall–Kier alpha value is -1.58. The van der Waals surface area contributed by atoms with Crippen LogP contribution in [0.4, 0.5) is 0 Å². The molecule has 4 heteroatoms. The van der Waals surface area contributed by atoms with Gasteiger partial charge in [0.25, 0.3) is 0 Å². The SMILES string of the molecule is CCOC1=CC(=O)C2=C(C[C@]3(C)[C@@H](C)CC[C@H]4C(C)(C)CCC[C@]43O2)C1=O. The lowest BCUT2D eigenvalue weighted by Gasteiger charge is -2.66. The molecule has 1 aliphatic heterocycles. The van der Waals surface area contributed by atoms with Crippen molar-refractivity contribution in [2.45, 2.75) is 78.7 Å². The third kappa shape index (κ3) is 2.41. The van der Waals surface area contributed by atoms with Crippen LogP contribution in [0.5, 0.6) is 0 Å². The van der Waals surface area contributed by atoms with Crippen LogP contribution >= 0.6 is 0 Å². The lowest BCUT2D eigenvalue weighted by atomic mass is 9.44. The number of carbonyl (C=O) groups is 2. The summed E-state index contributed by atoms with van der Waals surface area (Å²) in [6, 6.07) is 0. The highest BCUT2D eigenvalue weighted by molar-refractivity contribution is 6.21. The molecular weight excluding hydrogens is 340 g/mol. The number of rotatable bonds is 2. The Morgan fingerprint density at radius 2 is 1.93 bits per heavy atom. The molecule has 1 heterocycles. The van der Waals surface area contributed by atoms with E-state index < -0.39 is 0 Å². The first kappa shape index (κ1) is 18.8. The van der Waals surface area contributed by atoms with Gasteiger partial charge in [0.1, 0.15) is 5.60 Å². The minimum absolute atomic E-state index is 0.142. The van der Waals surface area contributed by atoms with E-state index in [1.165, 1.54) is 12.5 Å². The van der Waals surface area contributed by atoms with Crippen molar-refractivity contribution in [3.8, 4) is 0 Å². The second kappa shape index (κ2) is 5.96. The maximum atomic E-state index is 13.0. The first-order chi connectivity index (χ1) is 12.7. The number of carbonyl (C=O) groups excluding carboxylic acids is 2. The average Bonchev–Trinajstić information content (AvgIpc) is 2.59. The van der Waals surface area contributed by atoms with E-state index in [2.05, 4.69) is 27.7 Å². The average molecular weight is 373 g/mol. The molecule has 27 heavy (non-hydrogen) atoms. The van der Waals surface area contributed by atoms with Gasteiger partial charge in [0.05, 0.1) is 12.2 Å². The second-order valence-electron chi connectivity index (χ2n) is 9.90. The Kier molecular flexibility index (Phi) is 4.14. The number of ketones is 2. The quantitative estimate of drug-likeness (QED) is 0.657. The van der Waals surface area contributed by atoms with E-state index in [4.69, 9.17) is 9.47 Å². The van der Waals surface area contributed by atoms with Crippen molar-refractivity contribution >= 4 is 11.6 Å². The molecule has 0 bridgehead atoms. The van der Waals surface area contributed by atoms with Crippen LogP contribution in [0.2, 0.25) is 0 Å². The predicted molar refractivity (Wildman–Crippen MR) is 103 cm³/mol. The fourth-order valence-corrected chi connectivity index (χ4v) is 6.54. The number of ether oxygens (including phenoxy) is 2. The summed E-state index contributed by atoms with van der Waals surface area (Å²) >= 11 is 0. The van der Waals surface area contributed by atoms with E-state index in [-0.39, 0.29) is 33.8 Å². The Morgan fingerprint density at radius 1 is 1.19 bits per heavy atom. The van der Waals surface area contributed by atoms with Crippen LogP contribution in [0.3, 0.4) is 0 Å².